The Morgan fingerprint density at radius 3 is 1.67 bits per heavy atom. The zero-order valence-electron chi connectivity index (χ0n) is 9.15. The van der Waals surface area contributed by atoms with Gasteiger partial charge in [0.1, 0.15) is 0 Å². The molecule has 0 spiro atoms. The van der Waals surface area contributed by atoms with E-state index in [1.165, 1.54) is 0 Å². The number of carbonyl (C=O) groups is 4. The van der Waals surface area contributed by atoms with Gasteiger partial charge in [0.05, 0.1) is 17.8 Å². The minimum absolute atomic E-state index is 0.362. The molecule has 1 fully saturated rings. The number of carboxylic acid groups (broad SMARTS) is 4. The van der Waals surface area contributed by atoms with Crippen molar-refractivity contribution in [3.05, 3.63) is 0 Å². The zero-order chi connectivity index (χ0) is 14.0. The van der Waals surface area contributed by atoms with Crippen LogP contribution in [0, 0.1) is 23.7 Å². The van der Waals surface area contributed by atoms with Crippen LogP contribution in [0.2, 0.25) is 0 Å². The highest BCUT2D eigenvalue weighted by Gasteiger charge is 2.53. The third-order valence-corrected chi connectivity index (χ3v) is 3.25. The summed E-state index contributed by atoms with van der Waals surface area (Å²) in [7, 11) is 0. The fraction of sp³-hybridized carbons (Fsp3) is 0.600. The van der Waals surface area contributed by atoms with Gasteiger partial charge in [-0.05, 0) is 12.3 Å². The molecular formula is C10H12O8. The third-order valence-electron chi connectivity index (χ3n) is 3.25. The summed E-state index contributed by atoms with van der Waals surface area (Å²) < 4.78 is 0. The van der Waals surface area contributed by atoms with Crippen molar-refractivity contribution in [2.24, 2.45) is 23.7 Å². The molecule has 0 unspecified atom stereocenters. The molecule has 0 aromatic carbocycles. The maximum absolute atomic E-state index is 11.0. The molecule has 8 heteroatoms. The monoisotopic (exact) mass is 260 g/mol. The van der Waals surface area contributed by atoms with E-state index in [9.17, 15) is 19.2 Å². The topological polar surface area (TPSA) is 149 Å². The zero-order valence-corrected chi connectivity index (χ0v) is 9.15. The highest BCUT2D eigenvalue weighted by molar-refractivity contribution is 5.85. The lowest BCUT2D eigenvalue weighted by Gasteiger charge is -2.18. The summed E-state index contributed by atoms with van der Waals surface area (Å²) in [5, 5.41) is 35.4. The molecule has 0 heterocycles. The quantitative estimate of drug-likeness (QED) is 0.520. The summed E-state index contributed by atoms with van der Waals surface area (Å²) in [4.78, 5) is 43.5. The first-order valence-electron chi connectivity index (χ1n) is 5.16. The first-order chi connectivity index (χ1) is 8.25. The molecule has 1 saturated carbocycles. The lowest BCUT2D eigenvalue weighted by atomic mass is 9.84. The summed E-state index contributed by atoms with van der Waals surface area (Å²) in [6.07, 6.45) is -1.03. The summed E-state index contributed by atoms with van der Waals surface area (Å²) >= 11 is 0. The SMILES string of the molecule is O=C(O)C[C@@H]1[C@@H](C(=O)O)[C@H](C(=O)O)C[C@H]1C(=O)O. The molecule has 0 aliphatic heterocycles. The summed E-state index contributed by atoms with van der Waals surface area (Å²) in [6, 6.07) is 0. The van der Waals surface area contributed by atoms with Gasteiger partial charge in [0.2, 0.25) is 0 Å². The number of carboxylic acids is 4. The second kappa shape index (κ2) is 5.03. The van der Waals surface area contributed by atoms with Gasteiger partial charge in [-0.3, -0.25) is 19.2 Å². The van der Waals surface area contributed by atoms with Crippen LogP contribution in [0.25, 0.3) is 0 Å². The molecule has 0 bridgehead atoms. The van der Waals surface area contributed by atoms with Crippen LogP contribution in [-0.4, -0.2) is 44.3 Å². The minimum Gasteiger partial charge on any atom is -0.481 e. The Morgan fingerprint density at radius 1 is 0.833 bits per heavy atom. The number of hydrogen-bond acceptors (Lipinski definition) is 4. The molecule has 0 radical (unpaired) electrons. The fourth-order valence-electron chi connectivity index (χ4n) is 2.51. The van der Waals surface area contributed by atoms with E-state index in [2.05, 4.69) is 0 Å². The predicted octanol–water partition coefficient (Wildman–Crippen LogP) is -0.417. The van der Waals surface area contributed by atoms with Crippen LogP contribution in [-0.2, 0) is 19.2 Å². The van der Waals surface area contributed by atoms with Crippen molar-refractivity contribution in [1.82, 2.24) is 0 Å². The van der Waals surface area contributed by atoms with E-state index in [1.54, 1.807) is 0 Å². The number of aliphatic carboxylic acids is 4. The molecule has 1 aliphatic carbocycles. The van der Waals surface area contributed by atoms with Crippen molar-refractivity contribution in [3.8, 4) is 0 Å². The van der Waals surface area contributed by atoms with Crippen LogP contribution in [0.1, 0.15) is 12.8 Å². The van der Waals surface area contributed by atoms with E-state index >= 15 is 0 Å². The van der Waals surface area contributed by atoms with Crippen molar-refractivity contribution in [2.45, 2.75) is 12.8 Å². The molecule has 4 atom stereocenters. The van der Waals surface area contributed by atoms with Crippen LogP contribution < -0.4 is 0 Å². The van der Waals surface area contributed by atoms with Crippen LogP contribution in [0.15, 0.2) is 0 Å². The molecule has 18 heavy (non-hydrogen) atoms. The van der Waals surface area contributed by atoms with Gasteiger partial charge < -0.3 is 20.4 Å². The van der Waals surface area contributed by atoms with E-state index in [-0.39, 0.29) is 6.42 Å². The molecule has 8 nitrogen and oxygen atoms in total. The van der Waals surface area contributed by atoms with Gasteiger partial charge in [-0.25, -0.2) is 0 Å². The molecule has 0 aromatic rings. The smallest absolute Gasteiger partial charge is 0.307 e. The van der Waals surface area contributed by atoms with E-state index in [4.69, 9.17) is 20.4 Å². The number of hydrogen-bond donors (Lipinski definition) is 4. The maximum atomic E-state index is 11.0. The summed E-state index contributed by atoms with van der Waals surface area (Å²) in [5.41, 5.74) is 0. The van der Waals surface area contributed by atoms with Crippen molar-refractivity contribution in [1.29, 1.82) is 0 Å². The lowest BCUT2D eigenvalue weighted by molar-refractivity contribution is -0.155. The Balaban J connectivity index is 3.10. The van der Waals surface area contributed by atoms with Gasteiger partial charge in [-0.1, -0.05) is 0 Å². The minimum atomic E-state index is -1.49. The lowest BCUT2D eigenvalue weighted by Crippen LogP contribution is -2.32. The van der Waals surface area contributed by atoms with Gasteiger partial charge in [-0.15, -0.1) is 0 Å². The predicted molar refractivity (Wildman–Crippen MR) is 53.7 cm³/mol. The average molecular weight is 260 g/mol. The van der Waals surface area contributed by atoms with Crippen LogP contribution in [0.5, 0.6) is 0 Å². The Morgan fingerprint density at radius 2 is 1.33 bits per heavy atom. The third kappa shape index (κ3) is 2.58. The Labute approximate surface area is 101 Å². The van der Waals surface area contributed by atoms with Crippen LogP contribution in [0.4, 0.5) is 0 Å². The van der Waals surface area contributed by atoms with E-state index in [0.29, 0.717) is 0 Å². The second-order valence-electron chi connectivity index (χ2n) is 4.25. The van der Waals surface area contributed by atoms with E-state index in [0.717, 1.165) is 0 Å². The Bertz CT molecular complexity index is 401. The van der Waals surface area contributed by atoms with Crippen LogP contribution >= 0.6 is 0 Å². The first kappa shape index (κ1) is 13.9. The molecule has 0 amide bonds. The van der Waals surface area contributed by atoms with Crippen molar-refractivity contribution in [2.75, 3.05) is 0 Å². The van der Waals surface area contributed by atoms with Crippen molar-refractivity contribution >= 4 is 23.9 Å². The summed E-state index contributed by atoms with van der Waals surface area (Å²) in [5.74, 6) is -10.9. The normalized spacial score (nSPS) is 30.9. The molecule has 0 saturated heterocycles. The van der Waals surface area contributed by atoms with Crippen LogP contribution in [0.3, 0.4) is 0 Å². The maximum Gasteiger partial charge on any atom is 0.307 e. The highest BCUT2D eigenvalue weighted by atomic mass is 16.4. The fourth-order valence-corrected chi connectivity index (χ4v) is 2.51. The first-order valence-corrected chi connectivity index (χ1v) is 5.16. The molecular weight excluding hydrogens is 248 g/mol. The van der Waals surface area contributed by atoms with Gasteiger partial charge in [0.25, 0.3) is 0 Å². The number of rotatable bonds is 5. The molecule has 0 aromatic heterocycles. The molecule has 4 N–H and O–H groups in total. The van der Waals surface area contributed by atoms with E-state index in [1.807, 2.05) is 0 Å². The molecule has 100 valence electrons. The largest absolute Gasteiger partial charge is 0.481 e. The highest BCUT2D eigenvalue weighted by Crippen LogP contribution is 2.44. The second-order valence-corrected chi connectivity index (χ2v) is 4.25. The average Bonchev–Trinajstić information content (AvgIpc) is 2.56. The standard InChI is InChI=1S/C10H12O8/c11-6(12)2-3-4(8(13)14)1-5(9(15)16)7(3)10(17)18/h3-5,7H,1-2H2,(H,11,12)(H,13,14)(H,15,16)(H,17,18)/t3-,4+,5+,7+/m0/s1. The Hall–Kier alpha value is -2.12. The summed E-state index contributed by atoms with van der Waals surface area (Å²) in [6.45, 7) is 0. The molecule has 1 rings (SSSR count). The molecule has 1 aliphatic rings. The Kier molecular flexibility index (Phi) is 3.89. The van der Waals surface area contributed by atoms with Crippen molar-refractivity contribution < 1.29 is 39.6 Å². The van der Waals surface area contributed by atoms with E-state index < -0.39 is 54.0 Å². The van der Waals surface area contributed by atoms with Crippen molar-refractivity contribution in [3.63, 3.8) is 0 Å². The van der Waals surface area contributed by atoms with Gasteiger partial charge in [0.15, 0.2) is 0 Å². The van der Waals surface area contributed by atoms with Gasteiger partial charge in [-0.2, -0.15) is 0 Å². The van der Waals surface area contributed by atoms with Gasteiger partial charge in [0, 0.05) is 6.42 Å². The van der Waals surface area contributed by atoms with Gasteiger partial charge >= 0.3 is 23.9 Å².